The maximum Gasteiger partial charge on any atom is 0.271 e. The first-order chi connectivity index (χ1) is 12.4. The van der Waals surface area contributed by atoms with Gasteiger partial charge in [-0.05, 0) is 38.1 Å². The smallest absolute Gasteiger partial charge is 0.271 e. The largest absolute Gasteiger partial charge is 0.497 e. The van der Waals surface area contributed by atoms with Crippen LogP contribution in [0, 0.1) is 13.8 Å². The van der Waals surface area contributed by atoms with E-state index in [1.807, 2.05) is 13.8 Å². The van der Waals surface area contributed by atoms with Crippen LogP contribution in [0.3, 0.4) is 0 Å². The fourth-order valence-corrected chi connectivity index (χ4v) is 4.72. The van der Waals surface area contributed by atoms with Crippen molar-refractivity contribution in [3.8, 4) is 22.1 Å². The van der Waals surface area contributed by atoms with Gasteiger partial charge in [0.15, 0.2) is 5.76 Å². The number of hydrogen-bond donors (Lipinski definition) is 1. The molecule has 0 bridgehead atoms. The van der Waals surface area contributed by atoms with Crippen molar-refractivity contribution < 1.29 is 22.4 Å². The number of aryl methyl sites for hydroxylation is 1. The molecule has 0 aliphatic rings. The minimum Gasteiger partial charge on any atom is -0.497 e. The van der Waals surface area contributed by atoms with Crippen molar-refractivity contribution >= 4 is 27.0 Å². The highest BCUT2D eigenvalue weighted by Gasteiger charge is 2.21. The maximum absolute atomic E-state index is 12.7. The van der Waals surface area contributed by atoms with E-state index >= 15 is 0 Å². The van der Waals surface area contributed by atoms with Crippen LogP contribution in [0.5, 0.6) is 11.5 Å². The van der Waals surface area contributed by atoms with Crippen LogP contribution >= 0.6 is 11.3 Å². The van der Waals surface area contributed by atoms with E-state index < -0.39 is 10.0 Å². The predicted octanol–water partition coefficient (Wildman–Crippen LogP) is 3.84. The summed E-state index contributed by atoms with van der Waals surface area (Å²) in [6, 6.07) is 8.10. The van der Waals surface area contributed by atoms with Crippen LogP contribution in [0.1, 0.15) is 11.3 Å². The number of hydrogen-bond acceptors (Lipinski definition) is 7. The molecule has 0 atom stereocenters. The number of nitrogens with one attached hydrogen (secondary N) is 1. The average Bonchev–Trinajstić information content (AvgIpc) is 3.23. The number of ether oxygens (including phenoxy) is 2. The van der Waals surface area contributed by atoms with E-state index in [1.54, 1.807) is 24.3 Å². The second kappa shape index (κ2) is 7.00. The maximum atomic E-state index is 12.7. The SMILES string of the molecule is COc1ccc(NS(=O)(=O)c2ccc(-c3onc(C)c3C)s2)c(OC)c1. The fraction of sp³-hybridized carbons (Fsp3) is 0.235. The second-order valence-electron chi connectivity index (χ2n) is 5.51. The Kier molecular flexibility index (Phi) is 4.92. The first-order valence-corrected chi connectivity index (χ1v) is 9.93. The predicted molar refractivity (Wildman–Crippen MR) is 99.6 cm³/mol. The zero-order chi connectivity index (χ0) is 18.9. The zero-order valence-electron chi connectivity index (χ0n) is 14.7. The molecule has 0 spiro atoms. The third-order valence-corrected chi connectivity index (χ3v) is 6.82. The molecule has 7 nitrogen and oxygen atoms in total. The van der Waals surface area contributed by atoms with E-state index in [9.17, 15) is 8.42 Å². The highest BCUT2D eigenvalue weighted by atomic mass is 32.2. The number of nitrogens with zero attached hydrogens (tertiary/aromatic N) is 1. The van der Waals surface area contributed by atoms with Gasteiger partial charge in [-0.3, -0.25) is 4.72 Å². The van der Waals surface area contributed by atoms with Crippen LogP contribution in [0.4, 0.5) is 5.69 Å². The molecular formula is C17H18N2O5S2. The second-order valence-corrected chi connectivity index (χ2v) is 8.51. The van der Waals surface area contributed by atoms with Crippen LogP contribution in [-0.2, 0) is 10.0 Å². The van der Waals surface area contributed by atoms with Crippen LogP contribution < -0.4 is 14.2 Å². The average molecular weight is 394 g/mol. The van der Waals surface area contributed by atoms with Crippen molar-refractivity contribution in [2.45, 2.75) is 18.1 Å². The summed E-state index contributed by atoms with van der Waals surface area (Å²) in [4.78, 5) is 0.699. The summed E-state index contributed by atoms with van der Waals surface area (Å²) in [6.07, 6.45) is 0. The lowest BCUT2D eigenvalue weighted by Crippen LogP contribution is -2.12. The third kappa shape index (κ3) is 3.40. The fourth-order valence-electron chi connectivity index (χ4n) is 2.31. The highest BCUT2D eigenvalue weighted by Crippen LogP contribution is 2.36. The van der Waals surface area contributed by atoms with Crippen molar-refractivity contribution in [3.63, 3.8) is 0 Å². The third-order valence-electron chi connectivity index (χ3n) is 3.88. The number of aromatic nitrogens is 1. The molecule has 2 heterocycles. The molecule has 0 unspecified atom stereocenters. The first-order valence-electron chi connectivity index (χ1n) is 7.63. The molecular weight excluding hydrogens is 376 g/mol. The molecule has 0 fully saturated rings. The van der Waals surface area contributed by atoms with Crippen molar-refractivity contribution in [2.24, 2.45) is 0 Å². The van der Waals surface area contributed by atoms with Crippen molar-refractivity contribution in [1.82, 2.24) is 5.16 Å². The number of methoxy groups -OCH3 is 2. The van der Waals surface area contributed by atoms with Gasteiger partial charge in [-0.25, -0.2) is 8.42 Å². The Bertz CT molecular complexity index is 1040. The van der Waals surface area contributed by atoms with Gasteiger partial charge in [0.2, 0.25) is 0 Å². The molecule has 26 heavy (non-hydrogen) atoms. The standard InChI is InChI=1S/C17H18N2O5S2/c1-10-11(2)18-24-17(10)15-7-8-16(25-15)26(20,21)19-13-6-5-12(22-3)9-14(13)23-4/h5-9,19H,1-4H3. The van der Waals surface area contributed by atoms with Crippen LogP contribution in [0.25, 0.3) is 10.6 Å². The number of benzene rings is 1. The summed E-state index contributed by atoms with van der Waals surface area (Å²) in [5.41, 5.74) is 1.99. The Morgan fingerprint density at radius 1 is 1.12 bits per heavy atom. The van der Waals surface area contributed by atoms with Crippen LogP contribution in [0.2, 0.25) is 0 Å². The lowest BCUT2D eigenvalue weighted by molar-refractivity contribution is 0.395. The topological polar surface area (TPSA) is 90.7 Å². The Morgan fingerprint density at radius 2 is 1.88 bits per heavy atom. The van der Waals surface area contributed by atoms with Crippen molar-refractivity contribution in [2.75, 3.05) is 18.9 Å². The van der Waals surface area contributed by atoms with E-state index in [4.69, 9.17) is 14.0 Å². The minimum atomic E-state index is -3.77. The van der Waals surface area contributed by atoms with Gasteiger partial charge in [0, 0.05) is 11.6 Å². The molecule has 2 aromatic heterocycles. The van der Waals surface area contributed by atoms with Crippen LogP contribution in [0.15, 0.2) is 39.1 Å². The highest BCUT2D eigenvalue weighted by molar-refractivity contribution is 7.94. The molecule has 9 heteroatoms. The van der Waals surface area contributed by atoms with Gasteiger partial charge >= 0.3 is 0 Å². The quantitative estimate of drug-likeness (QED) is 0.683. The summed E-state index contributed by atoms with van der Waals surface area (Å²) in [5.74, 6) is 1.52. The van der Waals surface area contributed by atoms with Crippen molar-refractivity contribution in [1.29, 1.82) is 0 Å². The number of thiophene rings is 1. The summed E-state index contributed by atoms with van der Waals surface area (Å²) < 4.78 is 43.8. The van der Waals surface area contributed by atoms with Gasteiger partial charge in [-0.2, -0.15) is 0 Å². The molecule has 1 aromatic carbocycles. The van der Waals surface area contributed by atoms with Gasteiger partial charge in [0.05, 0.1) is 30.5 Å². The van der Waals surface area contributed by atoms with Gasteiger partial charge in [0.1, 0.15) is 15.7 Å². The molecule has 0 saturated heterocycles. The molecule has 0 saturated carbocycles. The summed E-state index contributed by atoms with van der Waals surface area (Å²) in [5, 5.41) is 3.91. The van der Waals surface area contributed by atoms with E-state index in [0.717, 1.165) is 22.6 Å². The number of anilines is 1. The Morgan fingerprint density at radius 3 is 2.50 bits per heavy atom. The monoisotopic (exact) mass is 394 g/mol. The molecule has 0 radical (unpaired) electrons. The molecule has 3 rings (SSSR count). The van der Waals surface area contributed by atoms with Gasteiger partial charge in [0.25, 0.3) is 10.0 Å². The Balaban J connectivity index is 1.91. The Hall–Kier alpha value is -2.52. The van der Waals surface area contributed by atoms with Crippen LogP contribution in [-0.4, -0.2) is 27.8 Å². The van der Waals surface area contributed by atoms with E-state index in [-0.39, 0.29) is 4.21 Å². The molecule has 0 amide bonds. The van der Waals surface area contributed by atoms with Gasteiger partial charge in [-0.1, -0.05) is 5.16 Å². The number of rotatable bonds is 6. The number of sulfonamides is 1. The lowest BCUT2D eigenvalue weighted by atomic mass is 10.2. The summed E-state index contributed by atoms with van der Waals surface area (Å²) in [7, 11) is -0.783. The molecule has 1 N–H and O–H groups in total. The summed E-state index contributed by atoms with van der Waals surface area (Å²) in [6.45, 7) is 3.72. The Labute approximate surface area is 155 Å². The molecule has 0 aliphatic carbocycles. The van der Waals surface area contributed by atoms with E-state index in [1.165, 1.54) is 20.3 Å². The van der Waals surface area contributed by atoms with Gasteiger partial charge in [-0.15, -0.1) is 11.3 Å². The molecule has 138 valence electrons. The summed E-state index contributed by atoms with van der Waals surface area (Å²) >= 11 is 1.11. The van der Waals surface area contributed by atoms with E-state index in [0.29, 0.717) is 27.8 Å². The van der Waals surface area contributed by atoms with E-state index in [2.05, 4.69) is 9.88 Å². The first kappa shape index (κ1) is 18.3. The van der Waals surface area contributed by atoms with Gasteiger partial charge < -0.3 is 14.0 Å². The zero-order valence-corrected chi connectivity index (χ0v) is 16.3. The molecule has 3 aromatic rings. The minimum absolute atomic E-state index is 0.166. The normalized spacial score (nSPS) is 11.4. The van der Waals surface area contributed by atoms with Crippen molar-refractivity contribution in [3.05, 3.63) is 41.6 Å². The molecule has 0 aliphatic heterocycles. The lowest BCUT2D eigenvalue weighted by Gasteiger charge is -2.12.